The molecule has 74 valence electrons. The van der Waals surface area contributed by atoms with E-state index in [0.29, 0.717) is 25.4 Å². The van der Waals surface area contributed by atoms with E-state index in [-0.39, 0.29) is 5.92 Å². The van der Waals surface area contributed by atoms with Crippen LogP contribution in [0.5, 0.6) is 0 Å². The predicted octanol–water partition coefficient (Wildman–Crippen LogP) is 1.51. The molecule has 0 radical (unpaired) electrons. The molecule has 3 nitrogen and oxygen atoms in total. The van der Waals surface area contributed by atoms with Crippen LogP contribution in [-0.2, 0) is 14.3 Å². The van der Waals surface area contributed by atoms with Gasteiger partial charge in [0, 0.05) is 18.8 Å². The minimum absolute atomic E-state index is 0.274. The van der Waals surface area contributed by atoms with E-state index in [9.17, 15) is 4.79 Å². The average molecular weight is 184 g/mol. The van der Waals surface area contributed by atoms with Gasteiger partial charge in [0.05, 0.1) is 13.2 Å². The Hall–Kier alpha value is -0.410. The molecule has 0 aromatic heterocycles. The molecule has 1 aliphatic heterocycles. The Bertz CT molecular complexity index is 206. The number of ketones is 1. The van der Waals surface area contributed by atoms with Gasteiger partial charge in [0.1, 0.15) is 5.78 Å². The quantitative estimate of drug-likeness (QED) is 0.619. The summed E-state index contributed by atoms with van der Waals surface area (Å²) in [5, 5.41) is 0. The lowest BCUT2D eigenvalue weighted by Crippen LogP contribution is -2.38. The second-order valence-electron chi connectivity index (χ2n) is 4.04. The third-order valence-electron chi connectivity index (χ3n) is 3.08. The molecule has 0 bridgehead atoms. The molecule has 1 saturated carbocycles. The molecule has 1 heterocycles. The summed E-state index contributed by atoms with van der Waals surface area (Å²) >= 11 is 0. The zero-order valence-corrected chi connectivity index (χ0v) is 8.04. The van der Waals surface area contributed by atoms with Gasteiger partial charge in [0.15, 0.2) is 5.79 Å². The van der Waals surface area contributed by atoms with Crippen LogP contribution in [0.25, 0.3) is 0 Å². The highest BCUT2D eigenvalue weighted by Crippen LogP contribution is 2.36. The van der Waals surface area contributed by atoms with E-state index < -0.39 is 5.79 Å². The Labute approximate surface area is 78.4 Å². The molecule has 1 atom stereocenters. The Morgan fingerprint density at radius 2 is 2.08 bits per heavy atom. The van der Waals surface area contributed by atoms with Gasteiger partial charge in [0.25, 0.3) is 0 Å². The van der Waals surface area contributed by atoms with Crippen LogP contribution in [0.2, 0.25) is 0 Å². The fourth-order valence-electron chi connectivity index (χ4n) is 2.24. The molecular weight excluding hydrogens is 168 g/mol. The highest BCUT2D eigenvalue weighted by Gasteiger charge is 2.41. The van der Waals surface area contributed by atoms with Crippen LogP contribution < -0.4 is 0 Å². The van der Waals surface area contributed by atoms with Gasteiger partial charge in [-0.2, -0.15) is 0 Å². The van der Waals surface area contributed by atoms with E-state index in [0.717, 1.165) is 19.3 Å². The molecule has 3 heteroatoms. The van der Waals surface area contributed by atoms with Crippen LogP contribution in [-0.4, -0.2) is 24.8 Å². The van der Waals surface area contributed by atoms with Crippen molar-refractivity contribution >= 4 is 5.78 Å². The maximum absolute atomic E-state index is 11.3. The molecule has 13 heavy (non-hydrogen) atoms. The first kappa shape index (κ1) is 9.16. The molecule has 1 unspecified atom stereocenters. The van der Waals surface area contributed by atoms with Crippen molar-refractivity contribution in [2.24, 2.45) is 5.92 Å². The SMILES string of the molecule is CC1(C2CCCC(=O)C2)OCCO1. The summed E-state index contributed by atoms with van der Waals surface area (Å²) in [7, 11) is 0. The van der Waals surface area contributed by atoms with E-state index in [1.807, 2.05) is 6.92 Å². The molecule has 2 rings (SSSR count). The number of Topliss-reactive ketones (excluding diaryl/α,β-unsaturated/α-hetero) is 1. The number of hydrogen-bond donors (Lipinski definition) is 0. The van der Waals surface area contributed by atoms with Gasteiger partial charge in [-0.25, -0.2) is 0 Å². The van der Waals surface area contributed by atoms with Crippen LogP contribution >= 0.6 is 0 Å². The largest absolute Gasteiger partial charge is 0.348 e. The number of carbonyl (C=O) groups is 1. The van der Waals surface area contributed by atoms with Crippen molar-refractivity contribution in [3.05, 3.63) is 0 Å². The van der Waals surface area contributed by atoms with Crippen LogP contribution in [0.15, 0.2) is 0 Å². The Morgan fingerprint density at radius 1 is 1.38 bits per heavy atom. The van der Waals surface area contributed by atoms with Crippen molar-refractivity contribution in [2.75, 3.05) is 13.2 Å². The van der Waals surface area contributed by atoms with Crippen LogP contribution in [0.1, 0.15) is 32.6 Å². The third-order valence-corrected chi connectivity index (χ3v) is 3.08. The van der Waals surface area contributed by atoms with E-state index in [4.69, 9.17) is 9.47 Å². The normalized spacial score (nSPS) is 33.6. The second-order valence-corrected chi connectivity index (χ2v) is 4.04. The Morgan fingerprint density at radius 3 is 2.69 bits per heavy atom. The Kier molecular flexibility index (Phi) is 2.39. The molecule has 0 N–H and O–H groups in total. The first-order valence-corrected chi connectivity index (χ1v) is 5.00. The highest BCUT2D eigenvalue weighted by molar-refractivity contribution is 5.79. The van der Waals surface area contributed by atoms with Crippen molar-refractivity contribution in [3.8, 4) is 0 Å². The number of ether oxygens (including phenoxy) is 2. The maximum Gasteiger partial charge on any atom is 0.168 e. The summed E-state index contributed by atoms with van der Waals surface area (Å²) in [6, 6.07) is 0. The van der Waals surface area contributed by atoms with E-state index in [1.165, 1.54) is 0 Å². The van der Waals surface area contributed by atoms with E-state index in [2.05, 4.69) is 0 Å². The van der Waals surface area contributed by atoms with Gasteiger partial charge in [-0.05, 0) is 19.8 Å². The predicted molar refractivity (Wildman–Crippen MR) is 47.3 cm³/mol. The monoisotopic (exact) mass is 184 g/mol. The first-order valence-electron chi connectivity index (χ1n) is 5.00. The van der Waals surface area contributed by atoms with Gasteiger partial charge in [-0.1, -0.05) is 0 Å². The lowest BCUT2D eigenvalue weighted by Gasteiger charge is -2.34. The minimum atomic E-state index is -0.476. The molecule has 0 amide bonds. The van der Waals surface area contributed by atoms with Gasteiger partial charge < -0.3 is 9.47 Å². The van der Waals surface area contributed by atoms with Crippen molar-refractivity contribution in [1.82, 2.24) is 0 Å². The molecule has 0 aromatic rings. The summed E-state index contributed by atoms with van der Waals surface area (Å²) in [5.41, 5.74) is 0. The molecule has 0 spiro atoms. The zero-order valence-electron chi connectivity index (χ0n) is 8.04. The second kappa shape index (κ2) is 3.39. The number of carbonyl (C=O) groups excluding carboxylic acids is 1. The van der Waals surface area contributed by atoms with E-state index in [1.54, 1.807) is 0 Å². The smallest absolute Gasteiger partial charge is 0.168 e. The van der Waals surface area contributed by atoms with Crippen molar-refractivity contribution < 1.29 is 14.3 Å². The first-order chi connectivity index (χ1) is 6.21. The van der Waals surface area contributed by atoms with Crippen LogP contribution in [0, 0.1) is 5.92 Å². The minimum Gasteiger partial charge on any atom is -0.348 e. The molecule has 0 aromatic carbocycles. The fourth-order valence-corrected chi connectivity index (χ4v) is 2.24. The van der Waals surface area contributed by atoms with Gasteiger partial charge in [0.2, 0.25) is 0 Å². The summed E-state index contributed by atoms with van der Waals surface area (Å²) in [5.74, 6) is 0.156. The Balaban J connectivity index is 2.02. The van der Waals surface area contributed by atoms with Gasteiger partial charge in [-0.15, -0.1) is 0 Å². The molecule has 1 saturated heterocycles. The molecule has 2 fully saturated rings. The van der Waals surface area contributed by atoms with Crippen molar-refractivity contribution in [2.45, 2.75) is 38.4 Å². The third kappa shape index (κ3) is 1.76. The highest BCUT2D eigenvalue weighted by atomic mass is 16.7. The molecule has 2 aliphatic rings. The molecular formula is C10H16O3. The van der Waals surface area contributed by atoms with Crippen LogP contribution in [0.3, 0.4) is 0 Å². The maximum atomic E-state index is 11.3. The van der Waals surface area contributed by atoms with Gasteiger partial charge in [-0.3, -0.25) is 4.79 Å². The zero-order chi connectivity index (χ0) is 9.31. The van der Waals surface area contributed by atoms with Crippen molar-refractivity contribution in [3.63, 3.8) is 0 Å². The fraction of sp³-hybridized carbons (Fsp3) is 0.900. The summed E-state index contributed by atoms with van der Waals surface area (Å²) in [4.78, 5) is 11.3. The summed E-state index contributed by atoms with van der Waals surface area (Å²) in [6.07, 6.45) is 3.43. The summed E-state index contributed by atoms with van der Waals surface area (Å²) in [6.45, 7) is 3.30. The lowest BCUT2D eigenvalue weighted by molar-refractivity contribution is -0.188. The number of hydrogen-bond acceptors (Lipinski definition) is 3. The average Bonchev–Trinajstić information content (AvgIpc) is 2.54. The topological polar surface area (TPSA) is 35.5 Å². The number of rotatable bonds is 1. The summed E-state index contributed by atoms with van der Waals surface area (Å²) < 4.78 is 11.1. The van der Waals surface area contributed by atoms with E-state index >= 15 is 0 Å². The van der Waals surface area contributed by atoms with Gasteiger partial charge >= 0.3 is 0 Å². The van der Waals surface area contributed by atoms with Crippen molar-refractivity contribution in [1.29, 1.82) is 0 Å². The van der Waals surface area contributed by atoms with Crippen LogP contribution in [0.4, 0.5) is 0 Å². The standard InChI is InChI=1S/C10H16O3/c1-10(12-5-6-13-10)8-3-2-4-9(11)7-8/h8H,2-7H2,1H3. The molecule has 1 aliphatic carbocycles. The lowest BCUT2D eigenvalue weighted by atomic mass is 9.83.